The van der Waals surface area contributed by atoms with Crippen LogP contribution in [0.2, 0.25) is 0 Å². The summed E-state index contributed by atoms with van der Waals surface area (Å²) < 4.78 is 6.09. The monoisotopic (exact) mass is 426 g/mol. The number of thioether (sulfide) groups is 1. The van der Waals surface area contributed by atoms with Gasteiger partial charge in [0.1, 0.15) is 5.75 Å². The molecule has 0 saturated heterocycles. The van der Waals surface area contributed by atoms with Crippen LogP contribution in [-0.4, -0.2) is 29.0 Å². The Morgan fingerprint density at radius 1 is 1.21 bits per heavy atom. The number of amides is 1. The number of para-hydroxylation sites is 2. The molecule has 1 atom stereocenters. The van der Waals surface area contributed by atoms with Crippen LogP contribution in [0.1, 0.15) is 30.0 Å². The predicted molar refractivity (Wildman–Crippen MR) is 117 cm³/mol. The van der Waals surface area contributed by atoms with Gasteiger partial charge < -0.3 is 15.4 Å². The Morgan fingerprint density at radius 2 is 2.03 bits per heavy atom. The first-order valence-corrected chi connectivity index (χ1v) is 11.3. The highest BCUT2D eigenvalue weighted by atomic mass is 32.2. The van der Waals surface area contributed by atoms with Gasteiger partial charge in [0.15, 0.2) is 4.34 Å². The second kappa shape index (κ2) is 9.28. The minimum Gasteiger partial charge on any atom is -0.495 e. The van der Waals surface area contributed by atoms with E-state index >= 15 is 0 Å². The zero-order chi connectivity index (χ0) is 20.1. The van der Waals surface area contributed by atoms with Crippen molar-refractivity contribution in [1.29, 1.82) is 0 Å². The van der Waals surface area contributed by atoms with Crippen LogP contribution in [0.3, 0.4) is 0 Å². The zero-order valence-corrected chi connectivity index (χ0v) is 17.7. The van der Waals surface area contributed by atoms with Crippen molar-refractivity contribution in [2.75, 3.05) is 18.2 Å². The number of hydrogen-bond acceptors (Lipinski definition) is 7. The summed E-state index contributed by atoms with van der Waals surface area (Å²) >= 11 is 2.82. The van der Waals surface area contributed by atoms with Crippen molar-refractivity contribution in [2.45, 2.75) is 29.6 Å². The maximum Gasteiger partial charge on any atom is 0.230 e. The summed E-state index contributed by atoms with van der Waals surface area (Å²) in [4.78, 5) is 12.5. The fraction of sp³-hybridized carbons (Fsp3) is 0.286. The van der Waals surface area contributed by atoms with Crippen LogP contribution >= 0.6 is 23.1 Å². The SMILES string of the molecule is COc1ccccc1Nc1nnc(SCC(=O)NC2CCCc3ccccc32)s1. The Morgan fingerprint density at radius 3 is 2.93 bits per heavy atom. The van der Waals surface area contributed by atoms with Crippen LogP contribution in [0.15, 0.2) is 52.9 Å². The third kappa shape index (κ3) is 4.89. The van der Waals surface area contributed by atoms with Gasteiger partial charge in [-0.05, 0) is 42.5 Å². The van der Waals surface area contributed by atoms with Gasteiger partial charge in [-0.3, -0.25) is 4.79 Å². The number of ether oxygens (including phenoxy) is 1. The van der Waals surface area contributed by atoms with E-state index in [9.17, 15) is 4.79 Å². The van der Waals surface area contributed by atoms with Crippen LogP contribution in [0.5, 0.6) is 5.75 Å². The zero-order valence-electron chi connectivity index (χ0n) is 16.1. The number of hydrogen-bond donors (Lipinski definition) is 2. The standard InChI is InChI=1S/C21H22N4O2S2/c1-27-18-12-5-4-10-17(18)23-20-24-25-21(29-20)28-13-19(26)22-16-11-6-8-14-7-2-3-9-15(14)16/h2-5,7,9-10,12,16H,6,8,11,13H2,1H3,(H,22,26)(H,23,24). The molecule has 1 amide bonds. The van der Waals surface area contributed by atoms with Gasteiger partial charge in [0.05, 0.1) is 24.6 Å². The van der Waals surface area contributed by atoms with E-state index in [1.54, 1.807) is 7.11 Å². The smallest absolute Gasteiger partial charge is 0.230 e. The van der Waals surface area contributed by atoms with Crippen molar-refractivity contribution in [2.24, 2.45) is 0 Å². The van der Waals surface area contributed by atoms with Crippen molar-refractivity contribution in [3.63, 3.8) is 0 Å². The average molecular weight is 427 g/mol. The molecule has 0 spiro atoms. The Balaban J connectivity index is 1.32. The van der Waals surface area contributed by atoms with Gasteiger partial charge in [-0.2, -0.15) is 0 Å². The van der Waals surface area contributed by atoms with Crippen molar-refractivity contribution in [3.8, 4) is 5.75 Å². The van der Waals surface area contributed by atoms with E-state index in [-0.39, 0.29) is 11.9 Å². The van der Waals surface area contributed by atoms with Crippen LogP contribution in [0.25, 0.3) is 0 Å². The number of methoxy groups -OCH3 is 1. The molecule has 0 bridgehead atoms. The maximum atomic E-state index is 12.5. The lowest BCUT2D eigenvalue weighted by Crippen LogP contribution is -2.32. The number of carbonyl (C=O) groups is 1. The van der Waals surface area contributed by atoms with E-state index in [1.165, 1.54) is 34.2 Å². The third-order valence-electron chi connectivity index (χ3n) is 4.79. The van der Waals surface area contributed by atoms with E-state index in [4.69, 9.17) is 4.74 Å². The number of carbonyl (C=O) groups excluding carboxylic acids is 1. The van der Waals surface area contributed by atoms with Gasteiger partial charge in [0, 0.05) is 0 Å². The molecule has 1 aromatic heterocycles. The largest absolute Gasteiger partial charge is 0.495 e. The molecule has 1 aliphatic carbocycles. The van der Waals surface area contributed by atoms with Crippen molar-refractivity contribution in [3.05, 3.63) is 59.7 Å². The molecule has 0 saturated carbocycles. The Bertz CT molecular complexity index is 992. The third-order valence-corrected chi connectivity index (χ3v) is 6.76. The Kier molecular flexibility index (Phi) is 6.31. The van der Waals surface area contributed by atoms with E-state index in [2.05, 4.69) is 39.0 Å². The molecular weight excluding hydrogens is 404 g/mol. The average Bonchev–Trinajstić information content (AvgIpc) is 3.20. The predicted octanol–water partition coefficient (Wildman–Crippen LogP) is 4.58. The molecule has 150 valence electrons. The molecular formula is C21H22N4O2S2. The van der Waals surface area contributed by atoms with E-state index in [1.807, 2.05) is 30.3 Å². The molecule has 2 N–H and O–H groups in total. The van der Waals surface area contributed by atoms with E-state index in [0.29, 0.717) is 10.9 Å². The summed E-state index contributed by atoms with van der Waals surface area (Å²) in [6.45, 7) is 0. The molecule has 0 aliphatic heterocycles. The summed E-state index contributed by atoms with van der Waals surface area (Å²) in [6, 6.07) is 16.1. The van der Waals surface area contributed by atoms with Crippen molar-refractivity contribution >= 4 is 39.8 Å². The van der Waals surface area contributed by atoms with Gasteiger partial charge in [0.25, 0.3) is 0 Å². The molecule has 0 fully saturated rings. The number of aromatic nitrogens is 2. The molecule has 1 heterocycles. The van der Waals surface area contributed by atoms with Gasteiger partial charge in [-0.1, -0.05) is 59.5 Å². The fourth-order valence-corrected chi connectivity index (χ4v) is 5.02. The van der Waals surface area contributed by atoms with E-state index in [0.717, 1.165) is 35.0 Å². The molecule has 0 radical (unpaired) electrons. The maximum absolute atomic E-state index is 12.5. The van der Waals surface area contributed by atoms with Gasteiger partial charge in [-0.25, -0.2) is 0 Å². The minimum absolute atomic E-state index is 0.0196. The van der Waals surface area contributed by atoms with Crippen LogP contribution in [0.4, 0.5) is 10.8 Å². The Hall–Kier alpha value is -2.58. The van der Waals surface area contributed by atoms with Gasteiger partial charge in [0.2, 0.25) is 11.0 Å². The second-order valence-corrected chi connectivity index (χ2v) is 8.90. The molecule has 6 nitrogen and oxygen atoms in total. The van der Waals surface area contributed by atoms with Crippen LogP contribution in [-0.2, 0) is 11.2 Å². The summed E-state index contributed by atoms with van der Waals surface area (Å²) in [6.07, 6.45) is 3.17. The molecule has 1 unspecified atom stereocenters. The summed E-state index contributed by atoms with van der Waals surface area (Å²) in [5.41, 5.74) is 3.42. The minimum atomic E-state index is 0.0196. The highest BCUT2D eigenvalue weighted by Gasteiger charge is 2.21. The lowest BCUT2D eigenvalue weighted by atomic mass is 9.88. The first-order chi connectivity index (χ1) is 14.2. The molecule has 4 rings (SSSR count). The number of nitrogens with one attached hydrogen (secondary N) is 2. The first-order valence-electron chi connectivity index (χ1n) is 9.46. The lowest BCUT2D eigenvalue weighted by molar-refractivity contribution is -0.119. The quantitative estimate of drug-likeness (QED) is 0.539. The van der Waals surface area contributed by atoms with E-state index < -0.39 is 0 Å². The Labute approximate surface area is 178 Å². The molecule has 8 heteroatoms. The molecule has 29 heavy (non-hydrogen) atoms. The molecule has 1 aliphatic rings. The normalized spacial score (nSPS) is 15.4. The van der Waals surface area contributed by atoms with Gasteiger partial charge in [-0.15, -0.1) is 10.2 Å². The van der Waals surface area contributed by atoms with Crippen LogP contribution in [0, 0.1) is 0 Å². The molecule has 3 aromatic rings. The summed E-state index contributed by atoms with van der Waals surface area (Å²) in [7, 11) is 1.63. The molecule has 2 aromatic carbocycles. The highest BCUT2D eigenvalue weighted by Crippen LogP contribution is 2.32. The summed E-state index contributed by atoms with van der Waals surface area (Å²) in [5.74, 6) is 1.08. The number of anilines is 2. The number of aryl methyl sites for hydroxylation is 1. The fourth-order valence-electron chi connectivity index (χ4n) is 3.45. The lowest BCUT2D eigenvalue weighted by Gasteiger charge is -2.26. The first kappa shape index (κ1) is 19.7. The van der Waals surface area contributed by atoms with Gasteiger partial charge >= 0.3 is 0 Å². The number of nitrogens with zero attached hydrogens (tertiary/aromatic N) is 2. The van der Waals surface area contributed by atoms with Crippen molar-refractivity contribution < 1.29 is 9.53 Å². The number of benzene rings is 2. The summed E-state index contributed by atoms with van der Waals surface area (Å²) in [5, 5.41) is 15.4. The highest BCUT2D eigenvalue weighted by molar-refractivity contribution is 8.01. The van der Waals surface area contributed by atoms with Crippen LogP contribution < -0.4 is 15.4 Å². The topological polar surface area (TPSA) is 76.1 Å². The number of fused-ring (bicyclic) bond motifs is 1. The second-order valence-electron chi connectivity index (χ2n) is 6.70. The number of rotatable bonds is 7. The van der Waals surface area contributed by atoms with Crippen molar-refractivity contribution in [1.82, 2.24) is 15.5 Å².